The lowest BCUT2D eigenvalue weighted by molar-refractivity contribution is -0.387. The molecule has 0 fully saturated rings. The lowest BCUT2D eigenvalue weighted by atomic mass is 9.95. The second-order valence-electron chi connectivity index (χ2n) is 5.17. The van der Waals surface area contributed by atoms with Crippen molar-refractivity contribution in [2.45, 2.75) is 12.8 Å². The summed E-state index contributed by atoms with van der Waals surface area (Å²) in [5.41, 5.74) is 1.80. The molecule has 5 heteroatoms. The van der Waals surface area contributed by atoms with E-state index in [4.69, 9.17) is 0 Å². The molecular formula is C16H12FNO3. The molecule has 0 saturated carbocycles. The Morgan fingerprint density at radius 3 is 2.67 bits per heavy atom. The molecule has 1 aliphatic carbocycles. The zero-order valence-corrected chi connectivity index (χ0v) is 11.1. The first-order valence-corrected chi connectivity index (χ1v) is 6.61. The average molecular weight is 285 g/mol. The number of nitro benzene ring substituents is 1. The van der Waals surface area contributed by atoms with Gasteiger partial charge in [-0.1, -0.05) is 30.3 Å². The SMILES string of the molecule is O=C1c2ccccc2CC1Cc1ccc([N+](=O)[O-])c(F)c1. The zero-order chi connectivity index (χ0) is 15.0. The van der Waals surface area contributed by atoms with Crippen LogP contribution in [0.15, 0.2) is 42.5 Å². The summed E-state index contributed by atoms with van der Waals surface area (Å²) in [6.45, 7) is 0. The summed E-state index contributed by atoms with van der Waals surface area (Å²) in [6, 6.07) is 11.2. The lowest BCUT2D eigenvalue weighted by Gasteiger charge is -2.08. The summed E-state index contributed by atoms with van der Waals surface area (Å²) in [7, 11) is 0. The summed E-state index contributed by atoms with van der Waals surface area (Å²) in [4.78, 5) is 22.1. The van der Waals surface area contributed by atoms with Crippen molar-refractivity contribution in [2.24, 2.45) is 5.92 Å². The van der Waals surface area contributed by atoms with Crippen molar-refractivity contribution in [3.05, 3.63) is 75.1 Å². The Labute approximate surface area is 120 Å². The highest BCUT2D eigenvalue weighted by molar-refractivity contribution is 6.02. The molecule has 3 rings (SSSR count). The largest absolute Gasteiger partial charge is 0.304 e. The minimum absolute atomic E-state index is 0.0596. The maximum absolute atomic E-state index is 13.6. The lowest BCUT2D eigenvalue weighted by Crippen LogP contribution is -2.12. The summed E-state index contributed by atoms with van der Waals surface area (Å²) in [6.07, 6.45) is 1.02. The highest BCUT2D eigenvalue weighted by Crippen LogP contribution is 2.29. The summed E-state index contributed by atoms with van der Waals surface area (Å²) in [5.74, 6) is -1.02. The molecule has 0 amide bonds. The van der Waals surface area contributed by atoms with Crippen LogP contribution < -0.4 is 0 Å². The van der Waals surface area contributed by atoms with Gasteiger partial charge < -0.3 is 0 Å². The highest BCUT2D eigenvalue weighted by atomic mass is 19.1. The predicted molar refractivity (Wildman–Crippen MR) is 74.7 cm³/mol. The van der Waals surface area contributed by atoms with Crippen LogP contribution in [0.4, 0.5) is 10.1 Å². The Balaban J connectivity index is 1.81. The Hall–Kier alpha value is -2.56. The summed E-state index contributed by atoms with van der Waals surface area (Å²) in [5, 5.41) is 10.6. The van der Waals surface area contributed by atoms with Crippen LogP contribution in [0.3, 0.4) is 0 Å². The topological polar surface area (TPSA) is 60.2 Å². The van der Waals surface area contributed by atoms with E-state index in [0.29, 0.717) is 18.4 Å². The van der Waals surface area contributed by atoms with Gasteiger partial charge >= 0.3 is 5.69 Å². The number of carbonyl (C=O) groups excluding carboxylic acids is 1. The normalized spacial score (nSPS) is 16.8. The molecule has 1 unspecified atom stereocenters. The average Bonchev–Trinajstić information content (AvgIpc) is 2.76. The second-order valence-corrected chi connectivity index (χ2v) is 5.17. The van der Waals surface area contributed by atoms with Crippen molar-refractivity contribution in [1.29, 1.82) is 0 Å². The molecular weight excluding hydrogens is 273 g/mol. The van der Waals surface area contributed by atoms with Crippen molar-refractivity contribution in [3.8, 4) is 0 Å². The van der Waals surface area contributed by atoms with Gasteiger partial charge in [0.15, 0.2) is 5.78 Å². The van der Waals surface area contributed by atoms with Gasteiger partial charge in [-0.3, -0.25) is 14.9 Å². The van der Waals surface area contributed by atoms with E-state index in [1.165, 1.54) is 6.07 Å². The van der Waals surface area contributed by atoms with E-state index in [1.54, 1.807) is 6.07 Å². The first kappa shape index (κ1) is 13.4. The van der Waals surface area contributed by atoms with E-state index in [-0.39, 0.29) is 11.7 Å². The Morgan fingerprint density at radius 1 is 1.24 bits per heavy atom. The number of hydrogen-bond acceptors (Lipinski definition) is 3. The standard InChI is InChI=1S/C16H12FNO3/c17-14-8-10(5-6-15(14)18(20)21)7-12-9-11-3-1-2-4-13(11)16(12)19/h1-6,8,12H,7,9H2. The van der Waals surface area contributed by atoms with Gasteiger partial charge in [-0.15, -0.1) is 0 Å². The quantitative estimate of drug-likeness (QED) is 0.642. The minimum Gasteiger partial charge on any atom is -0.294 e. The van der Waals surface area contributed by atoms with Gasteiger partial charge in [0.05, 0.1) is 4.92 Å². The van der Waals surface area contributed by atoms with Crippen molar-refractivity contribution in [3.63, 3.8) is 0 Å². The molecule has 0 N–H and O–H groups in total. The molecule has 2 aromatic carbocycles. The van der Waals surface area contributed by atoms with Crippen LogP contribution in [0.1, 0.15) is 21.5 Å². The molecule has 1 atom stereocenters. The van der Waals surface area contributed by atoms with E-state index < -0.39 is 16.4 Å². The number of rotatable bonds is 3. The van der Waals surface area contributed by atoms with Gasteiger partial charge in [0, 0.05) is 17.5 Å². The molecule has 1 aliphatic rings. The number of fused-ring (bicyclic) bond motifs is 1. The third-order valence-corrected chi connectivity index (χ3v) is 3.81. The van der Waals surface area contributed by atoms with Gasteiger partial charge in [-0.2, -0.15) is 4.39 Å². The van der Waals surface area contributed by atoms with Gasteiger partial charge in [0.25, 0.3) is 0 Å². The van der Waals surface area contributed by atoms with Crippen LogP contribution in [0.25, 0.3) is 0 Å². The molecule has 2 aromatic rings. The van der Waals surface area contributed by atoms with Crippen molar-refractivity contribution < 1.29 is 14.1 Å². The van der Waals surface area contributed by atoms with Crippen molar-refractivity contribution in [1.82, 2.24) is 0 Å². The fourth-order valence-electron chi connectivity index (χ4n) is 2.79. The third kappa shape index (κ3) is 2.42. The number of ketones is 1. The second kappa shape index (κ2) is 5.09. The highest BCUT2D eigenvalue weighted by Gasteiger charge is 2.30. The smallest absolute Gasteiger partial charge is 0.294 e. The van der Waals surface area contributed by atoms with E-state index in [1.807, 2.05) is 18.2 Å². The molecule has 21 heavy (non-hydrogen) atoms. The summed E-state index contributed by atoms with van der Waals surface area (Å²) >= 11 is 0. The van der Waals surface area contributed by atoms with Crippen LogP contribution >= 0.6 is 0 Å². The molecule has 0 heterocycles. The number of benzene rings is 2. The van der Waals surface area contributed by atoms with Gasteiger partial charge in [-0.05, 0) is 30.0 Å². The molecule has 0 spiro atoms. The number of nitrogens with zero attached hydrogens (tertiary/aromatic N) is 1. The number of carbonyl (C=O) groups is 1. The molecule has 4 nitrogen and oxygen atoms in total. The number of hydrogen-bond donors (Lipinski definition) is 0. The monoisotopic (exact) mass is 285 g/mol. The minimum atomic E-state index is -0.861. The molecule has 106 valence electrons. The molecule has 0 aliphatic heterocycles. The molecule has 0 radical (unpaired) electrons. The van der Waals surface area contributed by atoms with Gasteiger partial charge in [-0.25, -0.2) is 0 Å². The molecule has 0 saturated heterocycles. The zero-order valence-electron chi connectivity index (χ0n) is 11.1. The van der Waals surface area contributed by atoms with Crippen LogP contribution in [0, 0.1) is 21.8 Å². The van der Waals surface area contributed by atoms with Crippen molar-refractivity contribution >= 4 is 11.5 Å². The first-order valence-electron chi connectivity index (χ1n) is 6.61. The van der Waals surface area contributed by atoms with Crippen LogP contribution in [-0.2, 0) is 12.8 Å². The van der Waals surface area contributed by atoms with Gasteiger partial charge in [0.2, 0.25) is 5.82 Å². The van der Waals surface area contributed by atoms with Crippen LogP contribution in [0.2, 0.25) is 0 Å². The van der Waals surface area contributed by atoms with E-state index >= 15 is 0 Å². The van der Waals surface area contributed by atoms with E-state index in [0.717, 1.165) is 23.3 Å². The third-order valence-electron chi connectivity index (χ3n) is 3.81. The first-order chi connectivity index (χ1) is 10.1. The molecule has 0 bridgehead atoms. The Morgan fingerprint density at radius 2 is 2.00 bits per heavy atom. The number of nitro groups is 1. The summed E-state index contributed by atoms with van der Waals surface area (Å²) < 4.78 is 13.6. The predicted octanol–water partition coefficient (Wildman–Crippen LogP) is 3.33. The van der Waals surface area contributed by atoms with E-state index in [2.05, 4.69) is 0 Å². The maximum atomic E-state index is 13.6. The number of halogens is 1. The Bertz CT molecular complexity index is 742. The van der Waals surface area contributed by atoms with Crippen LogP contribution in [0.5, 0.6) is 0 Å². The fourth-order valence-corrected chi connectivity index (χ4v) is 2.79. The van der Waals surface area contributed by atoms with Crippen LogP contribution in [-0.4, -0.2) is 10.7 Å². The fraction of sp³-hybridized carbons (Fsp3) is 0.188. The van der Waals surface area contributed by atoms with Crippen molar-refractivity contribution in [2.75, 3.05) is 0 Å². The number of Topliss-reactive ketones (excluding diaryl/α,β-unsaturated/α-hetero) is 1. The Kier molecular flexibility index (Phi) is 3.25. The van der Waals surface area contributed by atoms with E-state index in [9.17, 15) is 19.3 Å². The molecule has 0 aromatic heterocycles. The maximum Gasteiger partial charge on any atom is 0.304 e. The van der Waals surface area contributed by atoms with Gasteiger partial charge in [0.1, 0.15) is 0 Å².